The predicted molar refractivity (Wildman–Crippen MR) is 201 cm³/mol. The number of hydrogen-bond donors (Lipinski definition) is 2. The molecule has 15 heteroatoms. The lowest BCUT2D eigenvalue weighted by atomic mass is 9.90. The van der Waals surface area contributed by atoms with Crippen LogP contribution in [0.5, 0.6) is 0 Å². The number of carbonyl (C=O) groups excluding carboxylic acids is 1. The zero-order valence-electron chi connectivity index (χ0n) is 29.5. The average Bonchev–Trinajstić information content (AvgIpc) is 3.64. The highest BCUT2D eigenvalue weighted by atomic mass is 32.2. The SMILES string of the molecule is CNC(P)c1cc(C(=O)N2CCC(N3CCN(C4CCCN(S(=O)(=O)c5cc(CCO)cs5)C4)CC3)CC2Cc2ccccc2)cc(C(F)(F)F)c1. The van der Waals surface area contributed by atoms with Crippen molar-refractivity contribution in [1.82, 2.24) is 24.3 Å². The number of carbonyl (C=O) groups is 1. The standard InChI is InChI=1S/C37H49F3N5O4PS2/c1-41-35(50)28-20-29(22-30(21-28)37(38,39)40)36(47)45-12-9-31(23-33(45)18-26-6-3-2-4-7-26)42-13-15-43(16-14-42)32-8-5-11-44(24-32)52(48,49)34-19-27(10-17-46)25-51-34/h2-4,6-7,19-22,25,31-33,35,41,46H,5,8-18,23-24,50H2,1H3. The highest BCUT2D eigenvalue weighted by Gasteiger charge is 2.39. The van der Waals surface area contributed by atoms with E-state index in [1.165, 1.54) is 11.3 Å². The van der Waals surface area contributed by atoms with Crippen LogP contribution in [0.4, 0.5) is 13.2 Å². The third-order valence-corrected chi connectivity index (χ3v) is 14.9. The normalized spacial score (nSPS) is 23.5. The van der Waals surface area contributed by atoms with Crippen LogP contribution in [0.3, 0.4) is 0 Å². The van der Waals surface area contributed by atoms with Gasteiger partial charge in [0, 0.05) is 81.9 Å². The Kier molecular flexibility index (Phi) is 12.8. The van der Waals surface area contributed by atoms with Crippen LogP contribution in [-0.2, 0) is 29.0 Å². The molecule has 3 fully saturated rings. The van der Waals surface area contributed by atoms with Crippen LogP contribution < -0.4 is 5.32 Å². The van der Waals surface area contributed by atoms with Crippen LogP contribution in [0.1, 0.15) is 64.1 Å². The summed E-state index contributed by atoms with van der Waals surface area (Å²) in [5, 5.41) is 14.0. The van der Waals surface area contributed by atoms with Gasteiger partial charge in [-0.05, 0) is 91.9 Å². The van der Waals surface area contributed by atoms with Crippen molar-refractivity contribution in [2.24, 2.45) is 0 Å². The van der Waals surface area contributed by atoms with Gasteiger partial charge in [0.1, 0.15) is 4.21 Å². The first-order chi connectivity index (χ1) is 24.9. The molecule has 52 heavy (non-hydrogen) atoms. The van der Waals surface area contributed by atoms with Crippen LogP contribution in [0, 0.1) is 0 Å². The van der Waals surface area contributed by atoms with Crippen molar-refractivity contribution >= 4 is 36.5 Å². The maximum atomic E-state index is 14.1. The van der Waals surface area contributed by atoms with Crippen LogP contribution in [0.2, 0.25) is 0 Å². The molecule has 1 aromatic heterocycles. The summed E-state index contributed by atoms with van der Waals surface area (Å²) in [6.07, 6.45) is -0.366. The summed E-state index contributed by atoms with van der Waals surface area (Å²) in [4.78, 5) is 20.8. The Bertz CT molecular complexity index is 1770. The number of piperazine rings is 1. The number of amides is 1. The average molecular weight is 780 g/mol. The number of nitrogens with zero attached hydrogens (tertiary/aromatic N) is 4. The number of halogens is 3. The molecule has 2 N–H and O–H groups in total. The fourth-order valence-corrected chi connectivity index (χ4v) is 11.0. The summed E-state index contributed by atoms with van der Waals surface area (Å²) in [5.41, 5.74) is 1.51. The van der Waals surface area contributed by atoms with E-state index in [9.17, 15) is 31.5 Å². The fraction of sp³-hybridized carbons (Fsp3) is 0.541. The molecule has 0 bridgehead atoms. The third kappa shape index (κ3) is 9.09. The first kappa shape index (κ1) is 39.3. The number of sulfonamides is 1. The van der Waals surface area contributed by atoms with Gasteiger partial charge < -0.3 is 15.3 Å². The van der Waals surface area contributed by atoms with E-state index < -0.39 is 27.5 Å². The molecular weight excluding hydrogens is 731 g/mol. The Morgan fingerprint density at radius 3 is 2.37 bits per heavy atom. The summed E-state index contributed by atoms with van der Waals surface area (Å²) in [6, 6.07) is 15.4. The van der Waals surface area contributed by atoms with Crippen molar-refractivity contribution in [3.63, 3.8) is 0 Å². The van der Waals surface area contributed by atoms with Crippen molar-refractivity contribution in [3.05, 3.63) is 87.8 Å². The minimum absolute atomic E-state index is 0.0184. The van der Waals surface area contributed by atoms with Crippen molar-refractivity contribution < 1.29 is 31.5 Å². The zero-order chi connectivity index (χ0) is 37.0. The minimum Gasteiger partial charge on any atom is -0.396 e. The third-order valence-electron chi connectivity index (χ3n) is 10.8. The van der Waals surface area contributed by atoms with Crippen molar-refractivity contribution in [3.8, 4) is 0 Å². The van der Waals surface area contributed by atoms with Gasteiger partial charge in [0.25, 0.3) is 15.9 Å². The van der Waals surface area contributed by atoms with Gasteiger partial charge in [-0.3, -0.25) is 14.6 Å². The number of aliphatic hydroxyl groups excluding tert-OH is 1. The molecule has 2 aromatic carbocycles. The number of nitrogens with one attached hydrogen (secondary N) is 1. The Labute approximate surface area is 311 Å². The molecule has 9 nitrogen and oxygen atoms in total. The van der Waals surface area contributed by atoms with E-state index in [2.05, 4.69) is 24.4 Å². The lowest BCUT2D eigenvalue weighted by Gasteiger charge is -2.48. The largest absolute Gasteiger partial charge is 0.416 e. The quantitative estimate of drug-likeness (QED) is 0.263. The Balaban J connectivity index is 1.13. The molecule has 3 aliphatic rings. The minimum atomic E-state index is -4.58. The van der Waals surface area contributed by atoms with E-state index in [0.29, 0.717) is 48.7 Å². The summed E-state index contributed by atoms with van der Waals surface area (Å²) in [7, 11) is 0.554. The van der Waals surface area contributed by atoms with E-state index in [1.807, 2.05) is 30.3 Å². The Morgan fingerprint density at radius 2 is 1.69 bits per heavy atom. The van der Waals surface area contributed by atoms with Crippen LogP contribution in [0.25, 0.3) is 0 Å². The van der Waals surface area contributed by atoms with Crippen molar-refractivity contribution in [2.45, 2.75) is 72.8 Å². The molecule has 5 unspecified atom stereocenters. The molecule has 0 radical (unpaired) electrons. The Morgan fingerprint density at radius 1 is 0.981 bits per heavy atom. The second-order valence-electron chi connectivity index (χ2n) is 14.1. The van der Waals surface area contributed by atoms with E-state index in [4.69, 9.17) is 0 Å². The second-order valence-corrected chi connectivity index (χ2v) is 17.8. The molecule has 0 saturated carbocycles. The summed E-state index contributed by atoms with van der Waals surface area (Å²) < 4.78 is 70.8. The fourth-order valence-electron chi connectivity index (χ4n) is 7.94. The van der Waals surface area contributed by atoms with Crippen molar-refractivity contribution in [2.75, 3.05) is 59.5 Å². The number of aliphatic hydroxyl groups is 1. The highest BCUT2D eigenvalue weighted by Crippen LogP contribution is 2.35. The molecule has 284 valence electrons. The number of hydrogen-bond acceptors (Lipinski definition) is 8. The monoisotopic (exact) mass is 779 g/mol. The predicted octanol–water partition coefficient (Wildman–Crippen LogP) is 5.08. The molecule has 3 aromatic rings. The van der Waals surface area contributed by atoms with E-state index in [-0.39, 0.29) is 36.2 Å². The number of benzene rings is 2. The van der Waals surface area contributed by atoms with Gasteiger partial charge in [-0.2, -0.15) is 17.5 Å². The smallest absolute Gasteiger partial charge is 0.396 e. The van der Waals surface area contributed by atoms with E-state index in [1.54, 1.807) is 33.8 Å². The summed E-state index contributed by atoms with van der Waals surface area (Å²) in [6.45, 7) is 4.67. The van der Waals surface area contributed by atoms with Gasteiger partial charge in [-0.15, -0.1) is 20.6 Å². The topological polar surface area (TPSA) is 96.4 Å². The lowest BCUT2D eigenvalue weighted by molar-refractivity contribution is -0.137. The molecule has 3 saturated heterocycles. The molecule has 6 rings (SSSR count). The number of piperidine rings is 2. The molecule has 0 spiro atoms. The zero-order valence-corrected chi connectivity index (χ0v) is 32.3. The molecule has 3 aliphatic heterocycles. The van der Waals surface area contributed by atoms with Crippen LogP contribution in [-0.4, -0.2) is 116 Å². The number of thiophene rings is 1. The first-order valence-corrected chi connectivity index (χ1v) is 21.0. The molecular formula is C37H49F3N5O4PS2. The van der Waals surface area contributed by atoms with Crippen LogP contribution in [0.15, 0.2) is 64.2 Å². The van der Waals surface area contributed by atoms with Crippen molar-refractivity contribution in [1.29, 1.82) is 0 Å². The Hall–Kier alpha value is -2.42. The maximum Gasteiger partial charge on any atom is 0.416 e. The van der Waals surface area contributed by atoms with Gasteiger partial charge in [0.05, 0.1) is 5.56 Å². The first-order valence-electron chi connectivity index (χ1n) is 18.0. The summed E-state index contributed by atoms with van der Waals surface area (Å²) >= 11 is 1.21. The molecule has 0 aliphatic carbocycles. The molecule has 4 heterocycles. The van der Waals surface area contributed by atoms with E-state index >= 15 is 0 Å². The van der Waals surface area contributed by atoms with Crippen LogP contribution >= 0.6 is 20.6 Å². The van der Waals surface area contributed by atoms with Gasteiger partial charge in [-0.25, -0.2) is 8.42 Å². The van der Waals surface area contributed by atoms with Gasteiger partial charge in [0.15, 0.2) is 0 Å². The van der Waals surface area contributed by atoms with E-state index in [0.717, 1.165) is 68.7 Å². The maximum absolute atomic E-state index is 14.1. The lowest BCUT2D eigenvalue weighted by Crippen LogP contribution is -2.59. The van der Waals surface area contributed by atoms with Gasteiger partial charge in [0.2, 0.25) is 0 Å². The molecule has 1 amide bonds. The highest BCUT2D eigenvalue weighted by molar-refractivity contribution is 7.91. The molecule has 5 atom stereocenters. The number of likely N-dealkylation sites (tertiary alicyclic amines) is 1. The number of rotatable bonds is 11. The number of alkyl halides is 3. The second kappa shape index (κ2) is 16.9. The summed E-state index contributed by atoms with van der Waals surface area (Å²) in [5.74, 6) is -0.820. The van der Waals surface area contributed by atoms with Gasteiger partial charge in [-0.1, -0.05) is 30.3 Å². The van der Waals surface area contributed by atoms with Gasteiger partial charge >= 0.3 is 6.18 Å².